The lowest BCUT2D eigenvalue weighted by Gasteiger charge is -2.09. The Kier molecular flexibility index (Phi) is 4.76. The van der Waals surface area contributed by atoms with Gasteiger partial charge in [-0.1, -0.05) is 0 Å². The van der Waals surface area contributed by atoms with Gasteiger partial charge in [-0.25, -0.2) is 12.8 Å². The second-order valence-electron chi connectivity index (χ2n) is 3.76. The third-order valence-electron chi connectivity index (χ3n) is 2.10. The fourth-order valence-corrected chi connectivity index (χ4v) is 2.30. The van der Waals surface area contributed by atoms with Crippen LogP contribution in [-0.2, 0) is 9.84 Å². The van der Waals surface area contributed by atoms with Crippen LogP contribution in [-0.4, -0.2) is 27.0 Å². The zero-order valence-electron chi connectivity index (χ0n) is 9.33. The molecule has 0 bridgehead atoms. The molecule has 4 nitrogen and oxygen atoms in total. The maximum Gasteiger partial charge on any atom is 0.147 e. The largest absolute Gasteiger partial charge is 0.397 e. The van der Waals surface area contributed by atoms with Crippen molar-refractivity contribution in [3.63, 3.8) is 0 Å². The summed E-state index contributed by atoms with van der Waals surface area (Å²) in [6.45, 7) is 0.429. The Bertz CT molecular complexity index is 505. The predicted octanol–water partition coefficient (Wildman–Crippen LogP) is 2.02. The lowest BCUT2D eigenvalue weighted by molar-refractivity contribution is 0.599. The molecule has 1 aromatic rings. The van der Waals surface area contributed by atoms with E-state index in [1.165, 1.54) is 18.4 Å². The van der Waals surface area contributed by atoms with E-state index < -0.39 is 15.7 Å². The molecule has 0 aromatic heterocycles. The molecule has 0 amide bonds. The van der Waals surface area contributed by atoms with Gasteiger partial charge in [0.15, 0.2) is 0 Å². The minimum atomic E-state index is -2.96. The van der Waals surface area contributed by atoms with Crippen LogP contribution < -0.4 is 11.1 Å². The molecular formula is C10H14BrFN2O2S. The molecule has 0 heterocycles. The molecule has 0 saturated carbocycles. The average Bonchev–Trinajstić information content (AvgIpc) is 2.18. The third-order valence-corrected chi connectivity index (χ3v) is 3.74. The monoisotopic (exact) mass is 324 g/mol. The third kappa shape index (κ3) is 4.91. The summed E-state index contributed by atoms with van der Waals surface area (Å²) in [5.74, 6) is -0.316. The van der Waals surface area contributed by atoms with Crippen LogP contribution in [0.15, 0.2) is 16.6 Å². The van der Waals surface area contributed by atoms with Crippen LogP contribution in [0, 0.1) is 5.82 Å². The normalized spacial score (nSPS) is 11.5. The minimum Gasteiger partial charge on any atom is -0.397 e. The Morgan fingerprint density at radius 3 is 2.71 bits per heavy atom. The molecule has 0 unspecified atom stereocenters. The van der Waals surface area contributed by atoms with Crippen molar-refractivity contribution < 1.29 is 12.8 Å². The lowest BCUT2D eigenvalue weighted by atomic mass is 10.2. The maximum absolute atomic E-state index is 13.2. The van der Waals surface area contributed by atoms with Gasteiger partial charge in [0.2, 0.25) is 0 Å². The van der Waals surface area contributed by atoms with Crippen LogP contribution in [0.1, 0.15) is 6.42 Å². The van der Waals surface area contributed by atoms with Crippen LogP contribution >= 0.6 is 15.9 Å². The number of halogens is 2. The number of nitrogens with one attached hydrogen (secondary N) is 1. The Morgan fingerprint density at radius 2 is 2.12 bits per heavy atom. The van der Waals surface area contributed by atoms with E-state index in [-0.39, 0.29) is 5.75 Å². The molecule has 0 radical (unpaired) electrons. The molecule has 17 heavy (non-hydrogen) atoms. The highest BCUT2D eigenvalue weighted by Gasteiger charge is 2.06. The van der Waals surface area contributed by atoms with Crippen LogP contribution in [0.5, 0.6) is 0 Å². The summed E-state index contributed by atoms with van der Waals surface area (Å²) in [7, 11) is -2.96. The Hall–Kier alpha value is -0.820. The van der Waals surface area contributed by atoms with Crippen LogP contribution in [0.3, 0.4) is 0 Å². The van der Waals surface area contributed by atoms with Gasteiger partial charge in [0, 0.05) is 18.9 Å². The van der Waals surface area contributed by atoms with E-state index in [1.807, 2.05) is 0 Å². The SMILES string of the molecule is CS(=O)(=O)CCCNc1cc(F)c(Br)cc1N. The average molecular weight is 325 g/mol. The molecule has 7 heteroatoms. The topological polar surface area (TPSA) is 72.2 Å². The molecule has 96 valence electrons. The van der Waals surface area contributed by atoms with Gasteiger partial charge in [-0.15, -0.1) is 0 Å². The first-order chi connectivity index (χ1) is 7.79. The molecular weight excluding hydrogens is 311 g/mol. The highest BCUT2D eigenvalue weighted by Crippen LogP contribution is 2.26. The fraction of sp³-hybridized carbons (Fsp3) is 0.400. The molecule has 0 saturated heterocycles. The first-order valence-electron chi connectivity index (χ1n) is 4.96. The smallest absolute Gasteiger partial charge is 0.147 e. The summed E-state index contributed by atoms with van der Waals surface area (Å²) in [4.78, 5) is 0. The van der Waals surface area contributed by atoms with E-state index in [2.05, 4.69) is 21.2 Å². The van der Waals surface area contributed by atoms with Crippen molar-refractivity contribution in [3.8, 4) is 0 Å². The summed E-state index contributed by atoms with van der Waals surface area (Å²) in [6.07, 6.45) is 1.64. The van der Waals surface area contributed by atoms with Crippen LogP contribution in [0.2, 0.25) is 0 Å². The predicted molar refractivity (Wildman–Crippen MR) is 71.3 cm³/mol. The second kappa shape index (κ2) is 5.68. The molecule has 0 aliphatic rings. The molecule has 3 N–H and O–H groups in total. The van der Waals surface area contributed by atoms with Gasteiger partial charge in [0.1, 0.15) is 15.7 Å². The van der Waals surface area contributed by atoms with Gasteiger partial charge in [0.25, 0.3) is 0 Å². The molecule has 1 aromatic carbocycles. The number of nitrogens with two attached hydrogens (primary N) is 1. The molecule has 0 atom stereocenters. The van der Waals surface area contributed by atoms with Crippen molar-refractivity contribution in [2.24, 2.45) is 0 Å². The summed E-state index contributed by atoms with van der Waals surface area (Å²) >= 11 is 3.03. The maximum atomic E-state index is 13.2. The number of nitrogen functional groups attached to an aromatic ring is 1. The summed E-state index contributed by atoms with van der Waals surface area (Å²) in [5, 5.41) is 2.90. The zero-order chi connectivity index (χ0) is 13.1. The first-order valence-corrected chi connectivity index (χ1v) is 7.81. The fourth-order valence-electron chi connectivity index (χ4n) is 1.27. The van der Waals surface area contributed by atoms with Gasteiger partial charge in [-0.3, -0.25) is 0 Å². The standard InChI is InChI=1S/C10H14BrFN2O2S/c1-17(15,16)4-2-3-14-10-6-8(12)7(11)5-9(10)13/h5-6,14H,2-4,13H2,1H3. The van der Waals surface area contributed by atoms with Crippen molar-refractivity contribution >= 4 is 37.1 Å². The van der Waals surface area contributed by atoms with Gasteiger partial charge >= 0.3 is 0 Å². The van der Waals surface area contributed by atoms with E-state index in [0.29, 0.717) is 28.8 Å². The van der Waals surface area contributed by atoms with Crippen molar-refractivity contribution in [1.29, 1.82) is 0 Å². The molecule has 0 aliphatic heterocycles. The van der Waals surface area contributed by atoms with Crippen molar-refractivity contribution in [1.82, 2.24) is 0 Å². The van der Waals surface area contributed by atoms with E-state index in [9.17, 15) is 12.8 Å². The van der Waals surface area contributed by atoms with Crippen LogP contribution in [0.4, 0.5) is 15.8 Å². The highest BCUT2D eigenvalue weighted by atomic mass is 79.9. The molecule has 1 rings (SSSR count). The van der Waals surface area contributed by atoms with Gasteiger partial charge in [0.05, 0.1) is 21.6 Å². The first kappa shape index (κ1) is 14.2. The summed E-state index contributed by atoms with van der Waals surface area (Å²) in [5.41, 5.74) is 6.57. The summed E-state index contributed by atoms with van der Waals surface area (Å²) in [6, 6.07) is 2.74. The number of benzene rings is 1. The van der Waals surface area contributed by atoms with Crippen molar-refractivity contribution in [2.45, 2.75) is 6.42 Å². The zero-order valence-corrected chi connectivity index (χ0v) is 11.7. The Labute approximate surface area is 108 Å². The Balaban J connectivity index is 2.55. The van der Waals surface area contributed by atoms with E-state index in [1.54, 1.807) is 0 Å². The van der Waals surface area contributed by atoms with Gasteiger partial charge < -0.3 is 11.1 Å². The molecule has 0 fully saturated rings. The minimum absolute atomic E-state index is 0.0961. The van der Waals surface area contributed by atoms with Gasteiger partial charge in [-0.2, -0.15) is 0 Å². The summed E-state index contributed by atoms with van der Waals surface area (Å²) < 4.78 is 35.3. The molecule has 0 spiro atoms. The Morgan fingerprint density at radius 1 is 1.47 bits per heavy atom. The number of hydrogen-bond donors (Lipinski definition) is 2. The lowest BCUT2D eigenvalue weighted by Crippen LogP contribution is -2.10. The highest BCUT2D eigenvalue weighted by molar-refractivity contribution is 9.10. The van der Waals surface area contributed by atoms with Crippen molar-refractivity contribution in [2.75, 3.05) is 29.6 Å². The number of sulfone groups is 1. The number of hydrogen-bond acceptors (Lipinski definition) is 4. The van der Waals surface area contributed by atoms with E-state index in [0.717, 1.165) is 0 Å². The van der Waals surface area contributed by atoms with Crippen LogP contribution in [0.25, 0.3) is 0 Å². The van der Waals surface area contributed by atoms with E-state index in [4.69, 9.17) is 5.73 Å². The van der Waals surface area contributed by atoms with Gasteiger partial charge in [-0.05, 0) is 28.4 Å². The number of anilines is 2. The quantitative estimate of drug-likeness (QED) is 0.642. The number of rotatable bonds is 5. The van der Waals surface area contributed by atoms with E-state index >= 15 is 0 Å². The molecule has 0 aliphatic carbocycles. The second-order valence-corrected chi connectivity index (χ2v) is 6.88. The van der Waals surface area contributed by atoms with Crippen molar-refractivity contribution in [3.05, 3.63) is 22.4 Å².